The topological polar surface area (TPSA) is 59.3 Å². The van der Waals surface area contributed by atoms with Gasteiger partial charge in [0, 0.05) is 16.1 Å². The van der Waals surface area contributed by atoms with Crippen LogP contribution < -0.4 is 5.56 Å². The average molecular weight is 376 g/mol. The normalized spacial score (nSPS) is 10.9. The fourth-order valence-corrected chi connectivity index (χ4v) is 3.18. The number of hydrogen-bond acceptors (Lipinski definition) is 2. The van der Waals surface area contributed by atoms with Crippen molar-refractivity contribution in [3.8, 4) is 5.69 Å². The van der Waals surface area contributed by atoms with E-state index in [9.17, 15) is 19.1 Å². The number of aromatic nitrogens is 1. The molecule has 0 aliphatic heterocycles. The van der Waals surface area contributed by atoms with Crippen LogP contribution >= 0.6 is 15.9 Å². The molecule has 0 unspecified atom stereocenters. The molecule has 0 aliphatic rings. The zero-order valence-corrected chi connectivity index (χ0v) is 13.4. The number of carboxylic acids is 1. The van der Waals surface area contributed by atoms with Gasteiger partial charge in [-0.15, -0.1) is 0 Å². The highest BCUT2D eigenvalue weighted by Gasteiger charge is 2.22. The summed E-state index contributed by atoms with van der Waals surface area (Å²) in [4.78, 5) is 24.6. The van der Waals surface area contributed by atoms with Gasteiger partial charge in [-0.3, -0.25) is 9.36 Å². The highest BCUT2D eigenvalue weighted by molar-refractivity contribution is 9.08. The SMILES string of the molecule is O=C(O)c1c(CBr)n(-c2ccccc2F)c(=O)c2ccccc12. The Balaban J connectivity index is 2.57. The highest BCUT2D eigenvalue weighted by Crippen LogP contribution is 2.25. The number of halogens is 2. The minimum Gasteiger partial charge on any atom is -0.478 e. The van der Waals surface area contributed by atoms with Gasteiger partial charge in [0.25, 0.3) is 5.56 Å². The molecule has 1 N–H and O–H groups in total. The molecule has 3 aromatic rings. The zero-order chi connectivity index (χ0) is 16.6. The van der Waals surface area contributed by atoms with Crippen LogP contribution in [0.15, 0.2) is 53.3 Å². The summed E-state index contributed by atoms with van der Waals surface area (Å²) in [7, 11) is 0. The Morgan fingerprint density at radius 2 is 1.70 bits per heavy atom. The van der Waals surface area contributed by atoms with Crippen LogP contribution in [0.5, 0.6) is 0 Å². The molecule has 23 heavy (non-hydrogen) atoms. The molecule has 0 saturated carbocycles. The van der Waals surface area contributed by atoms with E-state index in [1.165, 1.54) is 18.2 Å². The maximum absolute atomic E-state index is 14.2. The molecule has 116 valence electrons. The van der Waals surface area contributed by atoms with Gasteiger partial charge >= 0.3 is 5.97 Å². The van der Waals surface area contributed by atoms with Crippen LogP contribution in [0.3, 0.4) is 0 Å². The van der Waals surface area contributed by atoms with Gasteiger partial charge in [-0.1, -0.05) is 46.3 Å². The average Bonchev–Trinajstić information content (AvgIpc) is 2.55. The summed E-state index contributed by atoms with van der Waals surface area (Å²) in [6.45, 7) is 0. The number of benzene rings is 2. The van der Waals surface area contributed by atoms with Crippen LogP contribution in [0.1, 0.15) is 16.1 Å². The first kappa shape index (κ1) is 15.4. The molecule has 0 fully saturated rings. The van der Waals surface area contributed by atoms with Crippen LogP contribution in [0.2, 0.25) is 0 Å². The molecule has 0 spiro atoms. The van der Waals surface area contributed by atoms with E-state index in [0.29, 0.717) is 5.39 Å². The molecule has 0 atom stereocenters. The summed E-state index contributed by atoms with van der Waals surface area (Å²) in [5.74, 6) is -1.76. The predicted molar refractivity (Wildman–Crippen MR) is 89.1 cm³/mol. The molecule has 0 bridgehead atoms. The second-order valence-corrected chi connectivity index (χ2v) is 5.46. The van der Waals surface area contributed by atoms with Crippen LogP contribution in [0.4, 0.5) is 4.39 Å². The first-order chi connectivity index (χ1) is 11.1. The van der Waals surface area contributed by atoms with Crippen LogP contribution in [-0.4, -0.2) is 15.6 Å². The molecule has 0 radical (unpaired) electrons. The standard InChI is InChI=1S/C17H11BrFNO3/c18-9-14-15(17(22)23)10-5-1-2-6-11(10)16(21)20(14)13-8-4-3-7-12(13)19/h1-8H,9H2,(H,22,23). The van der Waals surface area contributed by atoms with E-state index >= 15 is 0 Å². The van der Waals surface area contributed by atoms with E-state index < -0.39 is 17.3 Å². The molecule has 0 aliphatic carbocycles. The number of pyridine rings is 1. The lowest BCUT2D eigenvalue weighted by molar-refractivity contribution is 0.0697. The number of hydrogen-bond donors (Lipinski definition) is 1. The van der Waals surface area contributed by atoms with Crippen molar-refractivity contribution in [2.45, 2.75) is 5.33 Å². The van der Waals surface area contributed by atoms with Gasteiger partial charge in [-0.05, 0) is 18.2 Å². The van der Waals surface area contributed by atoms with E-state index in [-0.39, 0.29) is 27.7 Å². The maximum atomic E-state index is 14.2. The summed E-state index contributed by atoms with van der Waals surface area (Å²) >= 11 is 3.22. The molecular formula is C17H11BrFNO3. The number of fused-ring (bicyclic) bond motifs is 1. The number of carboxylic acid groups (broad SMARTS) is 1. The van der Waals surface area contributed by atoms with E-state index in [2.05, 4.69) is 15.9 Å². The van der Waals surface area contributed by atoms with Gasteiger partial charge in [0.1, 0.15) is 5.82 Å². The molecule has 1 heterocycles. The van der Waals surface area contributed by atoms with E-state index in [1.807, 2.05) is 0 Å². The third-order valence-corrected chi connectivity index (χ3v) is 4.15. The smallest absolute Gasteiger partial charge is 0.338 e. The minimum absolute atomic E-state index is 0.0136. The van der Waals surface area contributed by atoms with Gasteiger partial charge < -0.3 is 5.11 Å². The van der Waals surface area contributed by atoms with Gasteiger partial charge in [-0.25, -0.2) is 9.18 Å². The summed E-state index contributed by atoms with van der Waals surface area (Å²) in [6.07, 6.45) is 0. The number of alkyl halides is 1. The molecule has 0 amide bonds. The lowest BCUT2D eigenvalue weighted by Crippen LogP contribution is -2.26. The molecule has 2 aromatic carbocycles. The van der Waals surface area contributed by atoms with Crippen molar-refractivity contribution in [1.29, 1.82) is 0 Å². The van der Waals surface area contributed by atoms with Crippen LogP contribution in [0.25, 0.3) is 16.5 Å². The minimum atomic E-state index is -1.17. The number of para-hydroxylation sites is 1. The Hall–Kier alpha value is -2.47. The van der Waals surface area contributed by atoms with Crippen molar-refractivity contribution in [3.63, 3.8) is 0 Å². The highest BCUT2D eigenvalue weighted by atomic mass is 79.9. The van der Waals surface area contributed by atoms with Crippen molar-refractivity contribution in [2.75, 3.05) is 0 Å². The van der Waals surface area contributed by atoms with Crippen molar-refractivity contribution in [3.05, 3.63) is 76.0 Å². The fourth-order valence-electron chi connectivity index (χ4n) is 2.65. The zero-order valence-electron chi connectivity index (χ0n) is 11.8. The lowest BCUT2D eigenvalue weighted by Gasteiger charge is -2.16. The Labute approximate surface area is 138 Å². The lowest BCUT2D eigenvalue weighted by atomic mass is 10.0. The quantitative estimate of drug-likeness (QED) is 0.709. The molecular weight excluding hydrogens is 365 g/mol. The summed E-state index contributed by atoms with van der Waals surface area (Å²) in [6, 6.07) is 12.2. The number of rotatable bonds is 3. The Bertz CT molecular complexity index is 981. The van der Waals surface area contributed by atoms with E-state index in [0.717, 1.165) is 4.57 Å². The number of carbonyl (C=O) groups is 1. The summed E-state index contributed by atoms with van der Waals surface area (Å²) < 4.78 is 15.3. The number of nitrogens with zero attached hydrogens (tertiary/aromatic N) is 1. The van der Waals surface area contributed by atoms with Crippen molar-refractivity contribution >= 4 is 32.7 Å². The second kappa shape index (κ2) is 5.96. The molecule has 1 aromatic heterocycles. The number of aromatic carboxylic acids is 1. The predicted octanol–water partition coefficient (Wildman–Crippen LogP) is 3.72. The Kier molecular flexibility index (Phi) is 4.00. The second-order valence-electron chi connectivity index (χ2n) is 4.90. The van der Waals surface area contributed by atoms with E-state index in [1.54, 1.807) is 30.3 Å². The van der Waals surface area contributed by atoms with E-state index in [4.69, 9.17) is 0 Å². The van der Waals surface area contributed by atoms with Crippen molar-refractivity contribution in [1.82, 2.24) is 4.57 Å². The van der Waals surface area contributed by atoms with Crippen LogP contribution in [-0.2, 0) is 5.33 Å². The largest absolute Gasteiger partial charge is 0.478 e. The van der Waals surface area contributed by atoms with Crippen molar-refractivity contribution < 1.29 is 14.3 Å². The first-order valence-electron chi connectivity index (χ1n) is 6.77. The third-order valence-electron chi connectivity index (χ3n) is 3.62. The Morgan fingerprint density at radius 1 is 1.09 bits per heavy atom. The van der Waals surface area contributed by atoms with Gasteiger partial charge in [0.05, 0.1) is 16.9 Å². The van der Waals surface area contributed by atoms with Gasteiger partial charge in [-0.2, -0.15) is 0 Å². The molecule has 4 nitrogen and oxygen atoms in total. The van der Waals surface area contributed by atoms with Crippen LogP contribution in [0, 0.1) is 5.82 Å². The Morgan fingerprint density at radius 3 is 2.30 bits per heavy atom. The fraction of sp³-hybridized carbons (Fsp3) is 0.0588. The molecule has 3 rings (SSSR count). The maximum Gasteiger partial charge on any atom is 0.338 e. The summed E-state index contributed by atoms with van der Waals surface area (Å²) in [5.41, 5.74) is -0.239. The first-order valence-corrected chi connectivity index (χ1v) is 7.89. The summed E-state index contributed by atoms with van der Waals surface area (Å²) in [5, 5.41) is 10.3. The third kappa shape index (κ3) is 2.45. The van der Waals surface area contributed by atoms with Gasteiger partial charge in [0.15, 0.2) is 0 Å². The van der Waals surface area contributed by atoms with Gasteiger partial charge in [0.2, 0.25) is 0 Å². The molecule has 0 saturated heterocycles. The molecule has 6 heteroatoms. The monoisotopic (exact) mass is 375 g/mol. The van der Waals surface area contributed by atoms with Crippen molar-refractivity contribution in [2.24, 2.45) is 0 Å².